The third-order valence-corrected chi connectivity index (χ3v) is 5.25. The van der Waals surface area contributed by atoms with Crippen LogP contribution in [0.5, 0.6) is 0 Å². The van der Waals surface area contributed by atoms with Gasteiger partial charge in [0.1, 0.15) is 0 Å². The van der Waals surface area contributed by atoms with Gasteiger partial charge in [-0.25, -0.2) is 0 Å². The number of nitrogens with zero attached hydrogens (tertiary/aromatic N) is 1. The first kappa shape index (κ1) is 14.8. The predicted molar refractivity (Wildman–Crippen MR) is 78.8 cm³/mol. The maximum absolute atomic E-state index is 12.1. The zero-order valence-corrected chi connectivity index (χ0v) is 12.8. The highest BCUT2D eigenvalue weighted by atomic mass is 16.4. The third-order valence-electron chi connectivity index (χ3n) is 5.25. The van der Waals surface area contributed by atoms with Crippen LogP contribution in [0, 0.1) is 17.8 Å². The zero-order valence-electron chi connectivity index (χ0n) is 12.8. The van der Waals surface area contributed by atoms with Gasteiger partial charge < -0.3 is 10.4 Å². The van der Waals surface area contributed by atoms with E-state index in [4.69, 9.17) is 5.11 Å². The molecule has 5 nitrogen and oxygen atoms in total. The molecule has 0 spiro atoms. The molecule has 3 aliphatic rings. The molecule has 0 aromatic heterocycles. The molecule has 118 valence electrons. The topological polar surface area (TPSA) is 69.6 Å². The van der Waals surface area contributed by atoms with Crippen LogP contribution < -0.4 is 5.32 Å². The summed E-state index contributed by atoms with van der Waals surface area (Å²) in [5, 5.41) is 12.2. The van der Waals surface area contributed by atoms with E-state index in [0.717, 1.165) is 19.4 Å². The quantitative estimate of drug-likeness (QED) is 0.711. The first-order valence-electron chi connectivity index (χ1n) is 8.29. The van der Waals surface area contributed by atoms with Gasteiger partial charge in [0.25, 0.3) is 0 Å². The summed E-state index contributed by atoms with van der Waals surface area (Å²) in [5.74, 6) is 0.885. The minimum Gasteiger partial charge on any atom is -0.480 e. The fraction of sp³-hybridized carbons (Fsp3) is 0.875. The number of rotatable bonds is 8. The van der Waals surface area contributed by atoms with E-state index < -0.39 is 5.97 Å². The van der Waals surface area contributed by atoms with Gasteiger partial charge >= 0.3 is 5.97 Å². The second kappa shape index (κ2) is 5.95. The Kier molecular flexibility index (Phi) is 4.20. The number of nitrogens with one attached hydrogen (secondary N) is 1. The summed E-state index contributed by atoms with van der Waals surface area (Å²) in [7, 11) is 0. The smallest absolute Gasteiger partial charge is 0.317 e. The summed E-state index contributed by atoms with van der Waals surface area (Å²) < 4.78 is 0. The number of carboxylic acids is 1. The molecule has 0 aliphatic heterocycles. The Bertz CT molecular complexity index is 412. The molecule has 2 N–H and O–H groups in total. The van der Waals surface area contributed by atoms with Gasteiger partial charge in [0.2, 0.25) is 5.91 Å². The van der Waals surface area contributed by atoms with Gasteiger partial charge in [0, 0.05) is 24.5 Å². The van der Waals surface area contributed by atoms with E-state index in [2.05, 4.69) is 10.2 Å². The fourth-order valence-electron chi connectivity index (χ4n) is 3.30. The lowest BCUT2D eigenvalue weighted by molar-refractivity contribution is -0.140. The number of amides is 1. The van der Waals surface area contributed by atoms with Crippen molar-refractivity contribution in [2.24, 2.45) is 17.8 Å². The molecule has 3 fully saturated rings. The van der Waals surface area contributed by atoms with Crippen molar-refractivity contribution in [1.29, 1.82) is 0 Å². The molecule has 1 unspecified atom stereocenters. The van der Waals surface area contributed by atoms with E-state index in [1.165, 1.54) is 25.7 Å². The monoisotopic (exact) mass is 294 g/mol. The molecule has 1 atom stereocenters. The summed E-state index contributed by atoms with van der Waals surface area (Å²) in [4.78, 5) is 25.1. The van der Waals surface area contributed by atoms with Gasteiger partial charge in [0.05, 0.1) is 6.54 Å². The molecule has 3 rings (SSSR count). The van der Waals surface area contributed by atoms with Crippen LogP contribution in [-0.2, 0) is 9.59 Å². The lowest BCUT2D eigenvalue weighted by atomic mass is 9.84. The van der Waals surface area contributed by atoms with Crippen LogP contribution in [-0.4, -0.2) is 47.1 Å². The summed E-state index contributed by atoms with van der Waals surface area (Å²) in [6.07, 6.45) is 6.67. The van der Waals surface area contributed by atoms with E-state index in [1.807, 2.05) is 6.92 Å². The molecular formula is C16H26N2O3. The summed E-state index contributed by atoms with van der Waals surface area (Å²) >= 11 is 0. The molecule has 1 amide bonds. The minimum atomic E-state index is -0.745. The maximum Gasteiger partial charge on any atom is 0.317 e. The molecule has 5 heteroatoms. The molecule has 0 radical (unpaired) electrons. The Morgan fingerprint density at radius 2 is 1.90 bits per heavy atom. The highest BCUT2D eigenvalue weighted by molar-refractivity contribution is 5.79. The Morgan fingerprint density at radius 3 is 2.43 bits per heavy atom. The number of carbonyl (C=O) groups is 2. The molecular weight excluding hydrogens is 268 g/mol. The van der Waals surface area contributed by atoms with E-state index in [1.54, 1.807) is 0 Å². The Morgan fingerprint density at radius 1 is 1.24 bits per heavy atom. The summed E-state index contributed by atoms with van der Waals surface area (Å²) in [6, 6.07) is 0.586. The van der Waals surface area contributed by atoms with Gasteiger partial charge in [-0.05, 0) is 50.4 Å². The molecule has 3 aliphatic carbocycles. The van der Waals surface area contributed by atoms with Crippen molar-refractivity contribution in [3.63, 3.8) is 0 Å². The Hall–Kier alpha value is -1.10. The van der Waals surface area contributed by atoms with E-state index >= 15 is 0 Å². The van der Waals surface area contributed by atoms with Crippen molar-refractivity contribution in [2.45, 2.75) is 57.5 Å². The second-order valence-corrected chi connectivity index (χ2v) is 7.22. The number of hydrogen-bond donors (Lipinski definition) is 2. The molecule has 0 aromatic rings. The van der Waals surface area contributed by atoms with Crippen LogP contribution in [0.2, 0.25) is 0 Å². The van der Waals surface area contributed by atoms with Crippen molar-refractivity contribution >= 4 is 11.9 Å². The first-order valence-corrected chi connectivity index (χ1v) is 8.29. The Labute approximate surface area is 126 Å². The van der Waals surface area contributed by atoms with Crippen LogP contribution in [0.1, 0.15) is 45.4 Å². The maximum atomic E-state index is 12.1. The van der Waals surface area contributed by atoms with Gasteiger partial charge in [-0.2, -0.15) is 0 Å². The van der Waals surface area contributed by atoms with Crippen molar-refractivity contribution < 1.29 is 14.7 Å². The predicted octanol–water partition coefficient (Wildman–Crippen LogP) is 1.48. The lowest BCUT2D eigenvalue weighted by Gasteiger charge is -2.43. The van der Waals surface area contributed by atoms with E-state index in [0.29, 0.717) is 17.9 Å². The molecule has 0 heterocycles. The molecule has 0 saturated heterocycles. The number of carbonyl (C=O) groups excluding carboxylic acids is 1. The molecule has 21 heavy (non-hydrogen) atoms. The average molecular weight is 294 g/mol. The number of hydrogen-bond acceptors (Lipinski definition) is 3. The molecule has 3 saturated carbocycles. The SMILES string of the molecule is CC(C(=O)NC1CC(N(CC(=O)O)CC2CC2)C1)C1CC1. The Balaban J connectivity index is 1.42. The first-order chi connectivity index (χ1) is 10.0. The van der Waals surface area contributed by atoms with E-state index in [-0.39, 0.29) is 24.4 Å². The fourth-order valence-corrected chi connectivity index (χ4v) is 3.30. The van der Waals surface area contributed by atoms with Crippen molar-refractivity contribution in [2.75, 3.05) is 13.1 Å². The number of carboxylic acid groups (broad SMARTS) is 1. The van der Waals surface area contributed by atoms with Crippen molar-refractivity contribution in [3.05, 3.63) is 0 Å². The summed E-state index contributed by atoms with van der Waals surface area (Å²) in [5.41, 5.74) is 0. The highest BCUT2D eigenvalue weighted by Gasteiger charge is 2.39. The van der Waals surface area contributed by atoms with Crippen molar-refractivity contribution in [3.8, 4) is 0 Å². The highest BCUT2D eigenvalue weighted by Crippen LogP contribution is 2.37. The average Bonchev–Trinajstić information content (AvgIpc) is 3.23. The van der Waals surface area contributed by atoms with Crippen LogP contribution in [0.15, 0.2) is 0 Å². The second-order valence-electron chi connectivity index (χ2n) is 7.22. The van der Waals surface area contributed by atoms with Crippen LogP contribution in [0.25, 0.3) is 0 Å². The van der Waals surface area contributed by atoms with Gasteiger partial charge in [0.15, 0.2) is 0 Å². The van der Waals surface area contributed by atoms with Crippen LogP contribution >= 0.6 is 0 Å². The van der Waals surface area contributed by atoms with Gasteiger partial charge in [-0.1, -0.05) is 6.92 Å². The van der Waals surface area contributed by atoms with Crippen molar-refractivity contribution in [1.82, 2.24) is 10.2 Å². The lowest BCUT2D eigenvalue weighted by Crippen LogP contribution is -2.56. The third kappa shape index (κ3) is 3.96. The standard InChI is InChI=1S/C16H26N2O3/c1-10(12-4-5-12)16(21)17-13-6-14(7-13)18(9-15(19)20)8-11-2-3-11/h10-14H,2-9H2,1H3,(H,17,21)(H,19,20). The van der Waals surface area contributed by atoms with Crippen LogP contribution in [0.3, 0.4) is 0 Å². The van der Waals surface area contributed by atoms with Gasteiger partial charge in [-0.15, -0.1) is 0 Å². The molecule has 0 bridgehead atoms. The van der Waals surface area contributed by atoms with Crippen LogP contribution in [0.4, 0.5) is 0 Å². The summed E-state index contributed by atoms with van der Waals surface area (Å²) in [6.45, 7) is 3.07. The zero-order chi connectivity index (χ0) is 15.0. The van der Waals surface area contributed by atoms with Gasteiger partial charge in [-0.3, -0.25) is 14.5 Å². The van der Waals surface area contributed by atoms with E-state index in [9.17, 15) is 9.59 Å². The normalized spacial score (nSPS) is 29.8. The molecule has 0 aromatic carbocycles. The largest absolute Gasteiger partial charge is 0.480 e. The minimum absolute atomic E-state index is 0.139. The number of aliphatic carboxylic acids is 1.